The summed E-state index contributed by atoms with van der Waals surface area (Å²) in [6.45, 7) is 2.23. The van der Waals surface area contributed by atoms with Gasteiger partial charge in [-0.1, -0.05) is 32.3 Å². The number of fused-ring (bicyclic) bond motifs is 1. The summed E-state index contributed by atoms with van der Waals surface area (Å²) in [4.78, 5) is 4.66. The Balaban J connectivity index is 2.07. The molecule has 0 unspecified atom stereocenters. The standard InChI is InChI=1S/C15H20N2/c1-2-3-4-5-6-14-9-7-12-11-13(16)8-10-15(12)17-14/h7-11H,2-6,16H2,1H3. The van der Waals surface area contributed by atoms with Crippen molar-refractivity contribution in [3.8, 4) is 0 Å². The predicted molar refractivity (Wildman–Crippen MR) is 74.0 cm³/mol. The van der Waals surface area contributed by atoms with E-state index in [2.05, 4.69) is 24.0 Å². The molecule has 2 N–H and O–H groups in total. The largest absolute Gasteiger partial charge is 0.399 e. The van der Waals surface area contributed by atoms with E-state index in [1.807, 2.05) is 18.2 Å². The van der Waals surface area contributed by atoms with Gasteiger partial charge in [0.25, 0.3) is 0 Å². The second-order valence-electron chi connectivity index (χ2n) is 4.57. The van der Waals surface area contributed by atoms with Crippen molar-refractivity contribution in [2.45, 2.75) is 39.0 Å². The van der Waals surface area contributed by atoms with Crippen molar-refractivity contribution in [1.82, 2.24) is 4.98 Å². The van der Waals surface area contributed by atoms with E-state index in [-0.39, 0.29) is 0 Å². The van der Waals surface area contributed by atoms with E-state index in [9.17, 15) is 0 Å². The summed E-state index contributed by atoms with van der Waals surface area (Å²) in [6.07, 6.45) is 6.23. The van der Waals surface area contributed by atoms with Gasteiger partial charge >= 0.3 is 0 Å². The van der Waals surface area contributed by atoms with Gasteiger partial charge in [0, 0.05) is 16.8 Å². The first-order valence-electron chi connectivity index (χ1n) is 6.45. The Morgan fingerprint density at radius 3 is 2.76 bits per heavy atom. The summed E-state index contributed by atoms with van der Waals surface area (Å²) in [5, 5.41) is 1.13. The summed E-state index contributed by atoms with van der Waals surface area (Å²) in [6, 6.07) is 10.1. The highest BCUT2D eigenvalue weighted by Gasteiger charge is 1.99. The molecule has 17 heavy (non-hydrogen) atoms. The fourth-order valence-electron chi connectivity index (χ4n) is 2.06. The Morgan fingerprint density at radius 1 is 1.06 bits per heavy atom. The van der Waals surface area contributed by atoms with Crippen LogP contribution in [0.15, 0.2) is 30.3 Å². The predicted octanol–water partition coefficient (Wildman–Crippen LogP) is 3.94. The van der Waals surface area contributed by atoms with Gasteiger partial charge in [-0.25, -0.2) is 0 Å². The highest BCUT2D eigenvalue weighted by atomic mass is 14.7. The van der Waals surface area contributed by atoms with Crippen LogP contribution in [0.4, 0.5) is 5.69 Å². The number of unbranched alkanes of at least 4 members (excludes halogenated alkanes) is 3. The first-order valence-corrected chi connectivity index (χ1v) is 6.45. The van der Waals surface area contributed by atoms with Gasteiger partial charge in [-0.15, -0.1) is 0 Å². The molecule has 0 atom stereocenters. The SMILES string of the molecule is CCCCCCc1ccc2cc(N)ccc2n1. The van der Waals surface area contributed by atoms with Gasteiger partial charge in [-0.3, -0.25) is 4.98 Å². The van der Waals surface area contributed by atoms with Gasteiger partial charge in [0.2, 0.25) is 0 Å². The quantitative estimate of drug-likeness (QED) is 0.622. The molecule has 0 spiro atoms. The zero-order chi connectivity index (χ0) is 12.1. The second kappa shape index (κ2) is 5.67. The number of hydrogen-bond acceptors (Lipinski definition) is 2. The number of pyridine rings is 1. The second-order valence-corrected chi connectivity index (χ2v) is 4.57. The minimum atomic E-state index is 0.801. The minimum absolute atomic E-state index is 0.801. The number of aryl methyl sites for hydroxylation is 1. The maximum atomic E-state index is 5.75. The van der Waals surface area contributed by atoms with Crippen molar-refractivity contribution in [1.29, 1.82) is 0 Å². The van der Waals surface area contributed by atoms with Gasteiger partial charge in [0.05, 0.1) is 5.52 Å². The molecular weight excluding hydrogens is 208 g/mol. The van der Waals surface area contributed by atoms with Crippen LogP contribution in [0, 0.1) is 0 Å². The van der Waals surface area contributed by atoms with Crippen molar-refractivity contribution in [2.24, 2.45) is 0 Å². The Morgan fingerprint density at radius 2 is 1.94 bits per heavy atom. The van der Waals surface area contributed by atoms with Crippen LogP contribution < -0.4 is 5.73 Å². The Hall–Kier alpha value is -1.57. The van der Waals surface area contributed by atoms with Crippen LogP contribution in [0.2, 0.25) is 0 Å². The van der Waals surface area contributed by atoms with Crippen molar-refractivity contribution < 1.29 is 0 Å². The number of anilines is 1. The third-order valence-corrected chi connectivity index (χ3v) is 3.06. The monoisotopic (exact) mass is 228 g/mol. The van der Waals surface area contributed by atoms with Crippen LogP contribution in [-0.2, 0) is 6.42 Å². The summed E-state index contributed by atoms with van der Waals surface area (Å²) in [5.41, 5.74) is 8.79. The molecule has 1 aromatic heterocycles. The third kappa shape index (κ3) is 3.19. The first-order chi connectivity index (χ1) is 8.29. The summed E-state index contributed by atoms with van der Waals surface area (Å²) < 4.78 is 0. The van der Waals surface area contributed by atoms with Crippen LogP contribution in [-0.4, -0.2) is 4.98 Å². The van der Waals surface area contributed by atoms with Gasteiger partial charge in [-0.05, 0) is 37.1 Å². The first kappa shape index (κ1) is 11.9. The maximum Gasteiger partial charge on any atom is 0.0706 e. The molecule has 0 aliphatic rings. The smallest absolute Gasteiger partial charge is 0.0706 e. The van der Waals surface area contributed by atoms with Crippen LogP contribution in [0.25, 0.3) is 10.9 Å². The van der Waals surface area contributed by atoms with Gasteiger partial charge in [0.1, 0.15) is 0 Å². The number of hydrogen-bond donors (Lipinski definition) is 1. The average molecular weight is 228 g/mol. The average Bonchev–Trinajstić information content (AvgIpc) is 2.35. The molecule has 0 saturated heterocycles. The van der Waals surface area contributed by atoms with E-state index in [0.717, 1.165) is 23.0 Å². The number of nitrogen functional groups attached to an aromatic ring is 1. The molecule has 0 bridgehead atoms. The van der Waals surface area contributed by atoms with E-state index in [1.54, 1.807) is 0 Å². The molecule has 0 radical (unpaired) electrons. The zero-order valence-corrected chi connectivity index (χ0v) is 10.4. The highest BCUT2D eigenvalue weighted by Crippen LogP contribution is 2.17. The van der Waals surface area contributed by atoms with Gasteiger partial charge < -0.3 is 5.73 Å². The molecule has 0 saturated carbocycles. The Bertz CT molecular complexity index is 491. The number of aromatic nitrogens is 1. The van der Waals surface area contributed by atoms with Crippen molar-refractivity contribution in [3.05, 3.63) is 36.0 Å². The topological polar surface area (TPSA) is 38.9 Å². The lowest BCUT2D eigenvalue weighted by molar-refractivity contribution is 0.661. The molecular formula is C15H20N2. The molecule has 1 aromatic carbocycles. The molecule has 0 aliphatic heterocycles. The molecule has 2 aromatic rings. The van der Waals surface area contributed by atoms with Crippen LogP contribution >= 0.6 is 0 Å². The maximum absolute atomic E-state index is 5.75. The van der Waals surface area contributed by atoms with E-state index in [1.165, 1.54) is 31.4 Å². The van der Waals surface area contributed by atoms with Gasteiger partial charge in [0.15, 0.2) is 0 Å². The fourth-order valence-corrected chi connectivity index (χ4v) is 2.06. The van der Waals surface area contributed by atoms with E-state index < -0.39 is 0 Å². The van der Waals surface area contributed by atoms with Crippen molar-refractivity contribution >= 4 is 16.6 Å². The summed E-state index contributed by atoms with van der Waals surface area (Å²) >= 11 is 0. The van der Waals surface area contributed by atoms with Crippen LogP contribution in [0.1, 0.15) is 38.3 Å². The van der Waals surface area contributed by atoms with Gasteiger partial charge in [-0.2, -0.15) is 0 Å². The number of benzene rings is 1. The molecule has 0 aliphatic carbocycles. The zero-order valence-electron chi connectivity index (χ0n) is 10.4. The van der Waals surface area contributed by atoms with E-state index in [4.69, 9.17) is 5.73 Å². The summed E-state index contributed by atoms with van der Waals surface area (Å²) in [7, 11) is 0. The normalized spacial score (nSPS) is 10.9. The molecule has 0 fully saturated rings. The number of nitrogens with two attached hydrogens (primary N) is 1. The Labute approximate surface area is 103 Å². The minimum Gasteiger partial charge on any atom is -0.399 e. The third-order valence-electron chi connectivity index (χ3n) is 3.06. The van der Waals surface area contributed by atoms with Crippen LogP contribution in [0.3, 0.4) is 0 Å². The number of rotatable bonds is 5. The molecule has 2 rings (SSSR count). The van der Waals surface area contributed by atoms with E-state index in [0.29, 0.717) is 0 Å². The number of nitrogens with zero attached hydrogens (tertiary/aromatic N) is 1. The highest BCUT2D eigenvalue weighted by molar-refractivity contribution is 5.81. The molecule has 90 valence electrons. The molecule has 2 heteroatoms. The van der Waals surface area contributed by atoms with Crippen molar-refractivity contribution in [3.63, 3.8) is 0 Å². The lowest BCUT2D eigenvalue weighted by atomic mass is 10.1. The van der Waals surface area contributed by atoms with Crippen LogP contribution in [0.5, 0.6) is 0 Å². The van der Waals surface area contributed by atoms with E-state index >= 15 is 0 Å². The lowest BCUT2D eigenvalue weighted by Gasteiger charge is -2.03. The molecule has 1 heterocycles. The molecule has 0 amide bonds. The fraction of sp³-hybridized carbons (Fsp3) is 0.400. The summed E-state index contributed by atoms with van der Waals surface area (Å²) in [5.74, 6) is 0. The Kier molecular flexibility index (Phi) is 3.97. The molecule has 2 nitrogen and oxygen atoms in total. The lowest BCUT2D eigenvalue weighted by Crippen LogP contribution is -1.92. The van der Waals surface area contributed by atoms with Crippen molar-refractivity contribution in [2.75, 3.05) is 5.73 Å².